The highest BCUT2D eigenvalue weighted by molar-refractivity contribution is 5.99. The van der Waals surface area contributed by atoms with E-state index in [9.17, 15) is 9.59 Å². The highest BCUT2D eigenvalue weighted by Gasteiger charge is 2.25. The number of nitrogens with zero attached hydrogens (tertiary/aromatic N) is 2. The van der Waals surface area contributed by atoms with E-state index >= 15 is 0 Å². The maximum atomic E-state index is 12.1. The van der Waals surface area contributed by atoms with Crippen LogP contribution in [0.15, 0.2) is 79.4 Å². The first kappa shape index (κ1) is 21.3. The molecule has 0 bridgehead atoms. The Hall–Kier alpha value is -3.93. The van der Waals surface area contributed by atoms with Gasteiger partial charge in [0.05, 0.1) is 11.3 Å². The molecule has 1 unspecified atom stereocenters. The van der Waals surface area contributed by atoms with Crippen molar-refractivity contribution in [1.29, 1.82) is 0 Å². The predicted octanol–water partition coefficient (Wildman–Crippen LogP) is 3.32. The zero-order chi connectivity index (χ0) is 22.5. The number of pyridine rings is 1. The summed E-state index contributed by atoms with van der Waals surface area (Å²) in [6.45, 7) is 4.91. The van der Waals surface area contributed by atoms with Crippen LogP contribution in [0.2, 0.25) is 0 Å². The largest absolute Gasteiger partial charge is 0.366 e. The minimum Gasteiger partial charge on any atom is -0.366 e. The van der Waals surface area contributed by atoms with Crippen LogP contribution in [0.5, 0.6) is 0 Å². The molecule has 0 radical (unpaired) electrons. The van der Waals surface area contributed by atoms with Crippen LogP contribution in [-0.4, -0.2) is 35.9 Å². The van der Waals surface area contributed by atoms with E-state index in [2.05, 4.69) is 41.1 Å². The molecule has 32 heavy (non-hydrogen) atoms. The van der Waals surface area contributed by atoms with Gasteiger partial charge in [-0.25, -0.2) is 4.98 Å². The highest BCUT2D eigenvalue weighted by Crippen LogP contribution is 2.27. The molecule has 2 heterocycles. The van der Waals surface area contributed by atoms with Crippen LogP contribution in [0.25, 0.3) is 11.3 Å². The van der Waals surface area contributed by atoms with E-state index in [-0.39, 0.29) is 11.9 Å². The number of primary amides is 1. The Balaban J connectivity index is 1.57. The number of aromatic nitrogens is 1. The lowest BCUT2D eigenvalue weighted by molar-refractivity contribution is -0.117. The van der Waals surface area contributed by atoms with Gasteiger partial charge >= 0.3 is 0 Å². The van der Waals surface area contributed by atoms with Crippen molar-refractivity contribution in [1.82, 2.24) is 10.3 Å². The first-order chi connectivity index (χ1) is 15.5. The molecule has 3 N–H and O–H groups in total. The smallest absolute Gasteiger partial charge is 0.250 e. The summed E-state index contributed by atoms with van der Waals surface area (Å²) in [5, 5.41) is 2.93. The Labute approximate surface area is 187 Å². The molecule has 0 aliphatic carbocycles. The zero-order valence-corrected chi connectivity index (χ0v) is 17.8. The van der Waals surface area contributed by atoms with Crippen LogP contribution >= 0.6 is 0 Å². The minimum absolute atomic E-state index is 0.0406. The summed E-state index contributed by atoms with van der Waals surface area (Å²) in [5.41, 5.74) is 9.85. The molecule has 0 saturated carbocycles. The second kappa shape index (κ2) is 9.47. The van der Waals surface area contributed by atoms with Gasteiger partial charge in [-0.3, -0.25) is 9.59 Å². The number of amides is 2. The second-order valence-corrected chi connectivity index (χ2v) is 7.93. The molecular formula is C26H26N4O2. The van der Waals surface area contributed by atoms with Crippen molar-refractivity contribution in [3.63, 3.8) is 0 Å². The van der Waals surface area contributed by atoms with Crippen molar-refractivity contribution < 1.29 is 9.59 Å². The fraction of sp³-hybridized carbons (Fsp3) is 0.192. The first-order valence-electron chi connectivity index (χ1n) is 10.7. The van der Waals surface area contributed by atoms with Gasteiger partial charge in [0.15, 0.2) is 0 Å². The molecule has 1 aromatic heterocycles. The van der Waals surface area contributed by atoms with E-state index in [1.165, 1.54) is 17.2 Å². The minimum atomic E-state index is -0.509. The number of carbonyl (C=O) groups excluding carboxylic acids is 2. The number of hydrogen-bond donors (Lipinski definition) is 2. The monoisotopic (exact) mass is 426 g/mol. The summed E-state index contributed by atoms with van der Waals surface area (Å²) in [7, 11) is 0. The van der Waals surface area contributed by atoms with Crippen molar-refractivity contribution >= 4 is 17.6 Å². The standard InChI is InChI=1S/C26H26N4O2/c1-2-24(31)28-21-14-15-30(17-21)23-13-12-22(26(27)32)25(29-23)20-10-8-19(9-11-20)16-18-6-4-3-5-7-18/h2-13,21H,1,14-17H2,(H2,27,32)(H,28,31). The van der Waals surface area contributed by atoms with E-state index < -0.39 is 5.91 Å². The summed E-state index contributed by atoms with van der Waals surface area (Å²) in [6, 6.07) is 21.9. The van der Waals surface area contributed by atoms with Gasteiger partial charge in [-0.15, -0.1) is 0 Å². The Bertz CT molecular complexity index is 1130. The molecular weight excluding hydrogens is 400 g/mol. The quantitative estimate of drug-likeness (QED) is 0.568. The predicted molar refractivity (Wildman–Crippen MR) is 126 cm³/mol. The van der Waals surface area contributed by atoms with Gasteiger partial charge in [-0.2, -0.15) is 0 Å². The lowest BCUT2D eigenvalue weighted by Gasteiger charge is -2.19. The van der Waals surface area contributed by atoms with Crippen molar-refractivity contribution in [2.45, 2.75) is 18.9 Å². The normalized spacial score (nSPS) is 15.4. The molecule has 3 aromatic rings. The average molecular weight is 427 g/mol. The fourth-order valence-electron chi connectivity index (χ4n) is 4.00. The lowest BCUT2D eigenvalue weighted by Crippen LogP contribution is -2.36. The lowest BCUT2D eigenvalue weighted by atomic mass is 10.0. The number of nitrogens with one attached hydrogen (secondary N) is 1. The summed E-state index contributed by atoms with van der Waals surface area (Å²) >= 11 is 0. The van der Waals surface area contributed by atoms with Gasteiger partial charge in [0.2, 0.25) is 5.91 Å². The Morgan fingerprint density at radius 3 is 2.47 bits per heavy atom. The van der Waals surface area contributed by atoms with Crippen LogP contribution < -0.4 is 16.0 Å². The SMILES string of the molecule is C=CC(=O)NC1CCN(c2ccc(C(N)=O)c(-c3ccc(Cc4ccccc4)cc3)n2)C1. The average Bonchev–Trinajstić information content (AvgIpc) is 3.28. The Morgan fingerprint density at radius 2 is 1.78 bits per heavy atom. The molecule has 4 rings (SSSR count). The van der Waals surface area contributed by atoms with Gasteiger partial charge in [-0.1, -0.05) is 61.2 Å². The van der Waals surface area contributed by atoms with Gasteiger partial charge in [-0.05, 0) is 42.2 Å². The number of nitrogens with two attached hydrogens (primary N) is 1. The molecule has 162 valence electrons. The molecule has 2 aromatic carbocycles. The van der Waals surface area contributed by atoms with Crippen molar-refractivity contribution in [3.05, 3.63) is 96.1 Å². The van der Waals surface area contributed by atoms with Crippen LogP contribution in [0.3, 0.4) is 0 Å². The summed E-state index contributed by atoms with van der Waals surface area (Å²) in [5.74, 6) is 0.0730. The molecule has 0 spiro atoms. The van der Waals surface area contributed by atoms with Crippen molar-refractivity contribution in [3.8, 4) is 11.3 Å². The summed E-state index contributed by atoms with van der Waals surface area (Å²) < 4.78 is 0. The first-order valence-corrected chi connectivity index (χ1v) is 10.7. The van der Waals surface area contributed by atoms with Gasteiger partial charge in [0.1, 0.15) is 5.82 Å². The fourth-order valence-corrected chi connectivity index (χ4v) is 4.00. The van der Waals surface area contributed by atoms with Crippen LogP contribution in [0.1, 0.15) is 27.9 Å². The van der Waals surface area contributed by atoms with E-state index in [0.29, 0.717) is 17.8 Å². The van der Waals surface area contributed by atoms with Crippen LogP contribution in [0.4, 0.5) is 5.82 Å². The van der Waals surface area contributed by atoms with E-state index in [1.54, 1.807) is 6.07 Å². The molecule has 1 aliphatic rings. The highest BCUT2D eigenvalue weighted by atomic mass is 16.1. The molecule has 1 aliphatic heterocycles. The maximum Gasteiger partial charge on any atom is 0.250 e. The number of benzene rings is 2. The third kappa shape index (κ3) is 4.86. The van der Waals surface area contributed by atoms with E-state index in [1.807, 2.05) is 36.4 Å². The van der Waals surface area contributed by atoms with Crippen molar-refractivity contribution in [2.24, 2.45) is 5.73 Å². The maximum absolute atomic E-state index is 12.1. The Kier molecular flexibility index (Phi) is 6.31. The third-order valence-corrected chi connectivity index (χ3v) is 5.67. The van der Waals surface area contributed by atoms with E-state index in [4.69, 9.17) is 10.7 Å². The van der Waals surface area contributed by atoms with Crippen molar-refractivity contribution in [2.75, 3.05) is 18.0 Å². The molecule has 2 amide bonds. The van der Waals surface area contributed by atoms with Gasteiger partial charge in [0, 0.05) is 24.7 Å². The summed E-state index contributed by atoms with van der Waals surface area (Å²) in [4.78, 5) is 30.5. The number of carbonyl (C=O) groups is 2. The molecule has 1 fully saturated rings. The zero-order valence-electron chi connectivity index (χ0n) is 17.8. The molecule has 1 saturated heterocycles. The number of hydrogen-bond acceptors (Lipinski definition) is 4. The summed E-state index contributed by atoms with van der Waals surface area (Å²) in [6.07, 6.45) is 2.94. The molecule has 6 heteroatoms. The second-order valence-electron chi connectivity index (χ2n) is 7.93. The molecule has 1 atom stereocenters. The van der Waals surface area contributed by atoms with Crippen LogP contribution in [0, 0.1) is 0 Å². The van der Waals surface area contributed by atoms with E-state index in [0.717, 1.165) is 30.8 Å². The topological polar surface area (TPSA) is 88.3 Å². The third-order valence-electron chi connectivity index (χ3n) is 5.67. The van der Waals surface area contributed by atoms with Crippen LogP contribution in [-0.2, 0) is 11.2 Å². The number of rotatable bonds is 7. The Morgan fingerprint density at radius 1 is 1.06 bits per heavy atom. The van der Waals surface area contributed by atoms with Gasteiger partial charge < -0.3 is 16.0 Å². The van der Waals surface area contributed by atoms with Gasteiger partial charge in [0.25, 0.3) is 5.91 Å². The molecule has 6 nitrogen and oxygen atoms in total. The number of anilines is 1.